The molecule has 0 radical (unpaired) electrons. The highest BCUT2D eigenvalue weighted by Gasteiger charge is 2.21. The molecule has 0 spiro atoms. The molecule has 1 N–H and O–H groups in total. The van der Waals surface area contributed by atoms with Gasteiger partial charge in [0.15, 0.2) is 11.9 Å². The van der Waals surface area contributed by atoms with Crippen molar-refractivity contribution >= 4 is 22.6 Å². The SMILES string of the molecule is Cc1ccnc2nc(C(=O)OC(C)c3nc4ccccc4c(=O)[nH]3)nn12. The summed E-state index contributed by atoms with van der Waals surface area (Å²) in [5.74, 6) is -0.276. The highest BCUT2D eigenvalue weighted by Crippen LogP contribution is 2.16. The first kappa shape index (κ1) is 15.9. The molecule has 0 fully saturated rings. The first-order chi connectivity index (χ1) is 12.5. The lowest BCUT2D eigenvalue weighted by molar-refractivity contribution is 0.0305. The number of hydrogen-bond acceptors (Lipinski definition) is 7. The van der Waals surface area contributed by atoms with Crippen molar-refractivity contribution in [2.24, 2.45) is 0 Å². The van der Waals surface area contributed by atoms with Crippen molar-refractivity contribution in [3.8, 4) is 0 Å². The molecule has 0 saturated heterocycles. The van der Waals surface area contributed by atoms with Crippen LogP contribution in [0.15, 0.2) is 41.3 Å². The third-order valence-corrected chi connectivity index (χ3v) is 3.91. The maximum Gasteiger partial charge on any atom is 0.379 e. The molecule has 1 atom stereocenters. The fourth-order valence-electron chi connectivity index (χ4n) is 2.56. The van der Waals surface area contributed by atoms with Crippen LogP contribution >= 0.6 is 0 Å². The Labute approximate surface area is 146 Å². The van der Waals surface area contributed by atoms with Crippen LogP contribution < -0.4 is 5.56 Å². The summed E-state index contributed by atoms with van der Waals surface area (Å²) in [6.45, 7) is 3.44. The van der Waals surface area contributed by atoms with Gasteiger partial charge in [0.1, 0.15) is 0 Å². The van der Waals surface area contributed by atoms with E-state index in [0.29, 0.717) is 16.7 Å². The number of benzene rings is 1. The van der Waals surface area contributed by atoms with Crippen molar-refractivity contribution in [2.45, 2.75) is 20.0 Å². The van der Waals surface area contributed by atoms with Crippen molar-refractivity contribution in [1.29, 1.82) is 0 Å². The van der Waals surface area contributed by atoms with Gasteiger partial charge in [-0.1, -0.05) is 12.1 Å². The van der Waals surface area contributed by atoms with Crippen molar-refractivity contribution in [3.63, 3.8) is 0 Å². The van der Waals surface area contributed by atoms with Gasteiger partial charge in [0, 0.05) is 11.9 Å². The second kappa shape index (κ2) is 6.03. The fourth-order valence-corrected chi connectivity index (χ4v) is 2.56. The number of fused-ring (bicyclic) bond motifs is 2. The van der Waals surface area contributed by atoms with Gasteiger partial charge in [-0.25, -0.2) is 19.3 Å². The maximum atomic E-state index is 12.3. The molecule has 9 heteroatoms. The predicted octanol–water partition coefficient (Wildman–Crippen LogP) is 1.59. The van der Waals surface area contributed by atoms with E-state index < -0.39 is 12.1 Å². The number of aromatic amines is 1. The molecule has 26 heavy (non-hydrogen) atoms. The van der Waals surface area contributed by atoms with E-state index in [9.17, 15) is 9.59 Å². The number of aromatic nitrogens is 6. The number of ether oxygens (including phenoxy) is 1. The zero-order chi connectivity index (χ0) is 18.3. The predicted molar refractivity (Wildman–Crippen MR) is 91.7 cm³/mol. The minimum Gasteiger partial charge on any atom is -0.449 e. The third kappa shape index (κ3) is 2.69. The van der Waals surface area contributed by atoms with Crippen LogP contribution in [0.2, 0.25) is 0 Å². The molecule has 4 rings (SSSR count). The standard InChI is InChI=1S/C17H14N6O3/c1-9-7-8-18-17-21-14(22-23(9)17)16(25)26-10(2)13-19-12-6-4-3-5-11(12)15(24)20-13/h3-8,10H,1-2H3,(H,19,20,24). The van der Waals surface area contributed by atoms with Gasteiger partial charge in [0.25, 0.3) is 17.2 Å². The van der Waals surface area contributed by atoms with Gasteiger partial charge in [0.2, 0.25) is 0 Å². The summed E-state index contributed by atoms with van der Waals surface area (Å²) in [4.78, 5) is 39.6. The molecule has 3 heterocycles. The number of rotatable bonds is 3. The van der Waals surface area contributed by atoms with Crippen LogP contribution in [0.1, 0.15) is 35.2 Å². The highest BCUT2D eigenvalue weighted by atomic mass is 16.5. The van der Waals surface area contributed by atoms with Crippen LogP contribution in [0.3, 0.4) is 0 Å². The lowest BCUT2D eigenvalue weighted by Gasteiger charge is -2.11. The van der Waals surface area contributed by atoms with Gasteiger partial charge in [-0.2, -0.15) is 4.98 Å². The third-order valence-electron chi connectivity index (χ3n) is 3.91. The van der Waals surface area contributed by atoms with E-state index in [0.717, 1.165) is 5.69 Å². The van der Waals surface area contributed by atoms with Crippen LogP contribution in [0.25, 0.3) is 16.7 Å². The summed E-state index contributed by atoms with van der Waals surface area (Å²) in [6, 6.07) is 8.69. The monoisotopic (exact) mass is 350 g/mol. The van der Waals surface area contributed by atoms with Crippen molar-refractivity contribution in [3.05, 3.63) is 64.2 Å². The quantitative estimate of drug-likeness (QED) is 0.558. The molecule has 1 unspecified atom stereocenters. The molecular formula is C17H14N6O3. The Kier molecular flexibility index (Phi) is 3.68. The second-order valence-electron chi connectivity index (χ2n) is 5.75. The molecule has 0 saturated carbocycles. The number of nitrogens with zero attached hydrogens (tertiary/aromatic N) is 5. The van der Waals surface area contributed by atoms with Gasteiger partial charge >= 0.3 is 5.97 Å². The van der Waals surface area contributed by atoms with E-state index >= 15 is 0 Å². The summed E-state index contributed by atoms with van der Waals surface area (Å²) in [6.07, 6.45) is 0.807. The average Bonchev–Trinajstić information content (AvgIpc) is 3.07. The van der Waals surface area contributed by atoms with Crippen molar-refractivity contribution in [1.82, 2.24) is 29.5 Å². The van der Waals surface area contributed by atoms with Crippen molar-refractivity contribution < 1.29 is 9.53 Å². The van der Waals surface area contributed by atoms with E-state index in [1.54, 1.807) is 43.5 Å². The molecule has 0 aliphatic carbocycles. The van der Waals surface area contributed by atoms with Crippen LogP contribution in [-0.2, 0) is 4.74 Å². The number of hydrogen-bond donors (Lipinski definition) is 1. The Bertz CT molecular complexity index is 1200. The van der Waals surface area contributed by atoms with Crippen LogP contribution in [0.4, 0.5) is 0 Å². The first-order valence-electron chi connectivity index (χ1n) is 7.91. The van der Waals surface area contributed by atoms with Gasteiger partial charge in [-0.15, -0.1) is 5.10 Å². The average molecular weight is 350 g/mol. The van der Waals surface area contributed by atoms with E-state index in [4.69, 9.17) is 4.74 Å². The van der Waals surface area contributed by atoms with E-state index in [-0.39, 0.29) is 17.2 Å². The summed E-state index contributed by atoms with van der Waals surface area (Å²) in [5.41, 5.74) is 1.02. The first-order valence-corrected chi connectivity index (χ1v) is 7.91. The largest absolute Gasteiger partial charge is 0.449 e. The lowest BCUT2D eigenvalue weighted by Crippen LogP contribution is -2.18. The Morgan fingerprint density at radius 3 is 2.85 bits per heavy atom. The Hall–Kier alpha value is -3.62. The molecule has 4 aromatic rings. The number of carbonyl (C=O) groups is 1. The summed E-state index contributed by atoms with van der Waals surface area (Å²) >= 11 is 0. The van der Waals surface area contributed by atoms with Crippen molar-refractivity contribution in [2.75, 3.05) is 0 Å². The molecule has 0 aliphatic rings. The van der Waals surface area contributed by atoms with E-state index in [1.165, 1.54) is 4.52 Å². The van der Waals surface area contributed by atoms with Crippen LogP contribution in [-0.4, -0.2) is 35.5 Å². The Morgan fingerprint density at radius 1 is 1.23 bits per heavy atom. The smallest absolute Gasteiger partial charge is 0.379 e. The Balaban J connectivity index is 1.62. The van der Waals surface area contributed by atoms with E-state index in [2.05, 4.69) is 25.0 Å². The number of para-hydroxylation sites is 1. The topological polar surface area (TPSA) is 115 Å². The minimum absolute atomic E-state index is 0.109. The van der Waals surface area contributed by atoms with E-state index in [1.807, 2.05) is 6.92 Å². The zero-order valence-corrected chi connectivity index (χ0v) is 14.0. The highest BCUT2D eigenvalue weighted by molar-refractivity contribution is 5.85. The fraction of sp³-hybridized carbons (Fsp3) is 0.176. The van der Waals surface area contributed by atoms with Gasteiger partial charge < -0.3 is 9.72 Å². The summed E-state index contributed by atoms with van der Waals surface area (Å²) in [7, 11) is 0. The molecule has 9 nitrogen and oxygen atoms in total. The molecule has 130 valence electrons. The number of nitrogens with one attached hydrogen (secondary N) is 1. The van der Waals surface area contributed by atoms with Gasteiger partial charge in [-0.05, 0) is 32.0 Å². The molecule has 1 aromatic carbocycles. The molecule has 0 bridgehead atoms. The number of esters is 1. The molecule has 0 amide bonds. The van der Waals surface area contributed by atoms with Crippen LogP contribution in [0.5, 0.6) is 0 Å². The zero-order valence-electron chi connectivity index (χ0n) is 14.0. The number of aryl methyl sites for hydroxylation is 1. The van der Waals surface area contributed by atoms with Crippen LogP contribution in [0, 0.1) is 6.92 Å². The van der Waals surface area contributed by atoms with Gasteiger partial charge in [-0.3, -0.25) is 4.79 Å². The Morgan fingerprint density at radius 2 is 2.04 bits per heavy atom. The number of H-pyrrole nitrogens is 1. The summed E-state index contributed by atoms with van der Waals surface area (Å²) in [5, 5.41) is 4.57. The summed E-state index contributed by atoms with van der Waals surface area (Å²) < 4.78 is 6.81. The molecule has 3 aromatic heterocycles. The molecular weight excluding hydrogens is 336 g/mol. The maximum absolute atomic E-state index is 12.3. The normalized spacial score (nSPS) is 12.4. The molecule has 0 aliphatic heterocycles. The second-order valence-corrected chi connectivity index (χ2v) is 5.75. The number of carbonyl (C=O) groups excluding carboxylic acids is 1. The lowest BCUT2D eigenvalue weighted by atomic mass is 10.2. The van der Waals surface area contributed by atoms with Gasteiger partial charge in [0.05, 0.1) is 10.9 Å². The minimum atomic E-state index is -0.777.